The lowest BCUT2D eigenvalue weighted by Gasteiger charge is -2.34. The van der Waals surface area contributed by atoms with Crippen LogP contribution in [0.3, 0.4) is 0 Å². The molecular formula is C24H27FN4OS. The van der Waals surface area contributed by atoms with Gasteiger partial charge in [0.1, 0.15) is 10.7 Å². The summed E-state index contributed by atoms with van der Waals surface area (Å²) in [5.41, 5.74) is 4.73. The van der Waals surface area contributed by atoms with Gasteiger partial charge in [-0.25, -0.2) is 9.37 Å². The Balaban J connectivity index is 1.44. The summed E-state index contributed by atoms with van der Waals surface area (Å²) in [6, 6.07) is 12.6. The quantitative estimate of drug-likeness (QED) is 0.638. The third-order valence-corrected chi connectivity index (χ3v) is 6.80. The predicted molar refractivity (Wildman–Crippen MR) is 125 cm³/mol. The number of rotatable bonds is 5. The number of benzene rings is 2. The van der Waals surface area contributed by atoms with E-state index in [0.717, 1.165) is 48.0 Å². The van der Waals surface area contributed by atoms with Crippen LogP contribution in [0, 0.1) is 19.7 Å². The Kier molecular flexibility index (Phi) is 6.34. The van der Waals surface area contributed by atoms with E-state index in [2.05, 4.69) is 39.3 Å². The molecule has 0 saturated carbocycles. The number of amides is 1. The second-order valence-electron chi connectivity index (χ2n) is 8.07. The highest BCUT2D eigenvalue weighted by molar-refractivity contribution is 7.14. The maximum atomic E-state index is 13.1. The van der Waals surface area contributed by atoms with Crippen molar-refractivity contribution in [3.05, 3.63) is 75.0 Å². The number of hydrogen-bond donors (Lipinski definition) is 1. The largest absolute Gasteiger partial charge is 0.369 e. The molecule has 3 aromatic rings. The number of aromatic nitrogens is 1. The first-order valence-corrected chi connectivity index (χ1v) is 11.3. The summed E-state index contributed by atoms with van der Waals surface area (Å²) >= 11 is 1.39. The Bertz CT molecular complexity index is 1070. The van der Waals surface area contributed by atoms with E-state index < -0.39 is 0 Å². The number of aryl methyl sites for hydroxylation is 2. The van der Waals surface area contributed by atoms with E-state index in [1.807, 2.05) is 19.9 Å². The van der Waals surface area contributed by atoms with Crippen molar-refractivity contribution in [3.8, 4) is 0 Å². The molecule has 0 spiro atoms. The van der Waals surface area contributed by atoms with Crippen molar-refractivity contribution in [3.63, 3.8) is 0 Å². The van der Waals surface area contributed by atoms with E-state index in [1.54, 1.807) is 12.1 Å². The second kappa shape index (κ2) is 9.16. The third kappa shape index (κ3) is 5.11. The molecule has 1 N–H and O–H groups in total. The Morgan fingerprint density at radius 1 is 1.10 bits per heavy atom. The Morgan fingerprint density at radius 3 is 2.48 bits per heavy atom. The average molecular weight is 439 g/mol. The van der Waals surface area contributed by atoms with Crippen molar-refractivity contribution in [2.24, 2.45) is 0 Å². The zero-order chi connectivity index (χ0) is 22.0. The number of nitrogens with zero attached hydrogens (tertiary/aromatic N) is 3. The first kappa shape index (κ1) is 21.5. The molecule has 0 unspecified atom stereocenters. The van der Waals surface area contributed by atoms with Gasteiger partial charge < -0.3 is 15.1 Å². The van der Waals surface area contributed by atoms with Crippen LogP contribution >= 0.6 is 11.3 Å². The van der Waals surface area contributed by atoms with Crippen LogP contribution in [0.15, 0.2) is 42.5 Å². The fourth-order valence-electron chi connectivity index (χ4n) is 3.74. The molecule has 5 nitrogen and oxygen atoms in total. The minimum Gasteiger partial charge on any atom is -0.369 e. The molecule has 0 aliphatic carbocycles. The number of carbonyl (C=O) groups is 1. The van der Waals surface area contributed by atoms with Crippen molar-refractivity contribution in [1.29, 1.82) is 0 Å². The fraction of sp³-hybridized carbons (Fsp3) is 0.333. The van der Waals surface area contributed by atoms with E-state index >= 15 is 0 Å². The van der Waals surface area contributed by atoms with Gasteiger partial charge in [0.05, 0.1) is 10.7 Å². The Hall–Kier alpha value is -2.77. The van der Waals surface area contributed by atoms with Crippen molar-refractivity contribution in [1.82, 2.24) is 9.88 Å². The minimum atomic E-state index is -0.256. The number of anilines is 2. The van der Waals surface area contributed by atoms with Crippen LogP contribution in [0.5, 0.6) is 0 Å². The molecule has 1 aliphatic heterocycles. The van der Waals surface area contributed by atoms with Crippen LogP contribution in [0.2, 0.25) is 0 Å². The maximum Gasteiger partial charge on any atom is 0.267 e. The molecular weight excluding hydrogens is 411 g/mol. The van der Waals surface area contributed by atoms with Crippen LogP contribution in [-0.2, 0) is 6.42 Å². The van der Waals surface area contributed by atoms with E-state index in [0.29, 0.717) is 17.0 Å². The van der Waals surface area contributed by atoms with E-state index in [-0.39, 0.29) is 11.7 Å². The van der Waals surface area contributed by atoms with E-state index in [9.17, 15) is 9.18 Å². The summed E-state index contributed by atoms with van der Waals surface area (Å²) in [7, 11) is 2.15. The number of thiazole rings is 1. The third-order valence-electron chi connectivity index (χ3n) is 5.64. The van der Waals surface area contributed by atoms with Crippen molar-refractivity contribution >= 4 is 28.6 Å². The molecule has 1 fully saturated rings. The standard InChI is InChI=1S/C24H27FN4OS/c1-16-14-20(29-12-10-28(3)11-13-29)8-9-21(16)27-24(30)23-17(2)26-22(31-23)15-18-4-6-19(25)7-5-18/h4-9,14H,10-13,15H2,1-3H3,(H,27,30). The summed E-state index contributed by atoms with van der Waals surface area (Å²) in [6.07, 6.45) is 0.581. The molecule has 0 radical (unpaired) electrons. The average Bonchev–Trinajstić information content (AvgIpc) is 3.12. The first-order valence-electron chi connectivity index (χ1n) is 10.5. The second-order valence-corrected chi connectivity index (χ2v) is 9.15. The Morgan fingerprint density at radius 2 is 1.81 bits per heavy atom. The van der Waals surface area contributed by atoms with Crippen LogP contribution in [0.25, 0.3) is 0 Å². The lowest BCUT2D eigenvalue weighted by molar-refractivity contribution is 0.102. The van der Waals surface area contributed by atoms with Gasteiger partial charge in [-0.2, -0.15) is 0 Å². The number of hydrogen-bond acceptors (Lipinski definition) is 5. The Labute approximate surface area is 186 Å². The molecule has 1 aromatic heterocycles. The molecule has 4 rings (SSSR count). The topological polar surface area (TPSA) is 48.5 Å². The van der Waals surface area contributed by atoms with Gasteiger partial charge in [-0.3, -0.25) is 4.79 Å². The van der Waals surface area contributed by atoms with Crippen LogP contribution in [-0.4, -0.2) is 49.0 Å². The molecule has 1 aliphatic rings. The number of nitrogens with one attached hydrogen (secondary N) is 1. The SMILES string of the molecule is Cc1cc(N2CCN(C)CC2)ccc1NC(=O)c1sc(Cc2ccc(F)cc2)nc1C. The minimum absolute atomic E-state index is 0.143. The van der Waals surface area contributed by atoms with Gasteiger partial charge in [0, 0.05) is 44.0 Å². The molecule has 0 atom stereocenters. The number of likely N-dealkylation sites (N-methyl/N-ethyl adjacent to an activating group) is 1. The van der Waals surface area contributed by atoms with Crippen LogP contribution in [0.1, 0.15) is 31.5 Å². The number of piperazine rings is 1. The zero-order valence-electron chi connectivity index (χ0n) is 18.1. The molecule has 31 heavy (non-hydrogen) atoms. The fourth-order valence-corrected chi connectivity index (χ4v) is 4.74. The van der Waals surface area contributed by atoms with Gasteiger partial charge in [0.15, 0.2) is 0 Å². The number of carbonyl (C=O) groups excluding carboxylic acids is 1. The van der Waals surface area contributed by atoms with Crippen molar-refractivity contribution < 1.29 is 9.18 Å². The maximum absolute atomic E-state index is 13.1. The lowest BCUT2D eigenvalue weighted by Crippen LogP contribution is -2.44. The van der Waals surface area contributed by atoms with Crippen molar-refractivity contribution in [2.75, 3.05) is 43.4 Å². The molecule has 7 heteroatoms. The van der Waals surface area contributed by atoms with Gasteiger partial charge in [0.25, 0.3) is 5.91 Å². The summed E-state index contributed by atoms with van der Waals surface area (Å²) in [4.78, 5) is 22.8. The van der Waals surface area contributed by atoms with Gasteiger partial charge in [-0.05, 0) is 62.4 Å². The highest BCUT2D eigenvalue weighted by atomic mass is 32.1. The first-order chi connectivity index (χ1) is 14.9. The van der Waals surface area contributed by atoms with E-state index in [4.69, 9.17) is 0 Å². The smallest absolute Gasteiger partial charge is 0.267 e. The van der Waals surface area contributed by atoms with Crippen LogP contribution in [0.4, 0.5) is 15.8 Å². The van der Waals surface area contributed by atoms with Crippen molar-refractivity contribution in [2.45, 2.75) is 20.3 Å². The summed E-state index contributed by atoms with van der Waals surface area (Å²) in [5, 5.41) is 3.89. The predicted octanol–water partition coefficient (Wildman–Crippen LogP) is 4.49. The monoisotopic (exact) mass is 438 g/mol. The number of halogens is 1. The molecule has 1 amide bonds. The normalized spacial score (nSPS) is 14.6. The van der Waals surface area contributed by atoms with Gasteiger partial charge in [0.2, 0.25) is 0 Å². The molecule has 2 aromatic carbocycles. The molecule has 0 bridgehead atoms. The van der Waals surface area contributed by atoms with Gasteiger partial charge in [-0.1, -0.05) is 12.1 Å². The molecule has 2 heterocycles. The lowest BCUT2D eigenvalue weighted by atomic mass is 10.1. The van der Waals surface area contributed by atoms with Gasteiger partial charge in [-0.15, -0.1) is 11.3 Å². The summed E-state index contributed by atoms with van der Waals surface area (Å²) in [6.45, 7) is 8.01. The highest BCUT2D eigenvalue weighted by Crippen LogP contribution is 2.26. The summed E-state index contributed by atoms with van der Waals surface area (Å²) in [5.74, 6) is -0.399. The molecule has 162 valence electrons. The summed E-state index contributed by atoms with van der Waals surface area (Å²) < 4.78 is 13.1. The van der Waals surface area contributed by atoms with Gasteiger partial charge >= 0.3 is 0 Å². The molecule has 1 saturated heterocycles. The highest BCUT2D eigenvalue weighted by Gasteiger charge is 2.18. The zero-order valence-corrected chi connectivity index (χ0v) is 18.9. The van der Waals surface area contributed by atoms with Crippen LogP contribution < -0.4 is 10.2 Å². The van der Waals surface area contributed by atoms with E-state index in [1.165, 1.54) is 29.2 Å².